The monoisotopic (exact) mass is 292 g/mol. The number of hydrogen-bond donors (Lipinski definition) is 0. The minimum atomic E-state index is 0.954. The molecule has 0 spiro atoms. The zero-order valence-electron chi connectivity index (χ0n) is 13.3. The van der Waals surface area contributed by atoms with Crippen molar-refractivity contribution in [2.45, 2.75) is 32.6 Å². The molecule has 0 bridgehead atoms. The first-order valence-corrected chi connectivity index (χ1v) is 8.25. The van der Waals surface area contributed by atoms with Crippen molar-refractivity contribution in [1.82, 2.24) is 4.98 Å². The highest BCUT2D eigenvalue weighted by Crippen LogP contribution is 2.22. The van der Waals surface area contributed by atoms with Gasteiger partial charge in [-0.3, -0.25) is 4.98 Å². The van der Waals surface area contributed by atoms with Gasteiger partial charge in [0, 0.05) is 24.5 Å². The van der Waals surface area contributed by atoms with E-state index >= 15 is 0 Å². The summed E-state index contributed by atoms with van der Waals surface area (Å²) in [5, 5.41) is 0. The summed E-state index contributed by atoms with van der Waals surface area (Å²) in [6, 6.07) is 15.0. The van der Waals surface area contributed by atoms with Crippen LogP contribution in [0, 0.1) is 6.92 Å². The van der Waals surface area contributed by atoms with Gasteiger partial charge in [0.05, 0.1) is 5.69 Å². The van der Waals surface area contributed by atoms with E-state index in [-0.39, 0.29) is 0 Å². The number of anilines is 1. The van der Waals surface area contributed by atoms with Gasteiger partial charge in [-0.2, -0.15) is 0 Å². The normalized spacial score (nSPS) is 15.4. The summed E-state index contributed by atoms with van der Waals surface area (Å²) in [6.45, 7) is 4.44. The summed E-state index contributed by atoms with van der Waals surface area (Å²) in [7, 11) is 0. The summed E-state index contributed by atoms with van der Waals surface area (Å²) >= 11 is 0. The number of benzene rings is 1. The SMILES string of the molecule is Cc1cc(N2CCCCC2)cc(/C=C/Cc2ccccc2)n1. The lowest BCUT2D eigenvalue weighted by atomic mass is 10.1. The number of hydrogen-bond acceptors (Lipinski definition) is 2. The maximum Gasteiger partial charge on any atom is 0.0650 e. The Morgan fingerprint density at radius 3 is 2.59 bits per heavy atom. The maximum absolute atomic E-state index is 4.65. The Balaban J connectivity index is 1.71. The fourth-order valence-electron chi connectivity index (χ4n) is 3.03. The van der Waals surface area contributed by atoms with Crippen molar-refractivity contribution >= 4 is 11.8 Å². The highest BCUT2D eigenvalue weighted by Gasteiger charge is 2.11. The number of aromatic nitrogens is 1. The van der Waals surface area contributed by atoms with Gasteiger partial charge in [0.1, 0.15) is 0 Å². The van der Waals surface area contributed by atoms with Crippen LogP contribution in [0.15, 0.2) is 48.5 Å². The molecule has 1 aromatic carbocycles. The van der Waals surface area contributed by atoms with Gasteiger partial charge in [0.2, 0.25) is 0 Å². The average Bonchev–Trinajstić information content (AvgIpc) is 2.56. The lowest BCUT2D eigenvalue weighted by Gasteiger charge is -2.29. The Bertz CT molecular complexity index is 625. The molecule has 1 aliphatic heterocycles. The molecule has 3 rings (SSSR count). The van der Waals surface area contributed by atoms with Crippen molar-refractivity contribution in [3.8, 4) is 0 Å². The van der Waals surface area contributed by atoms with Gasteiger partial charge >= 0.3 is 0 Å². The molecule has 0 radical (unpaired) electrons. The van der Waals surface area contributed by atoms with Crippen molar-refractivity contribution < 1.29 is 0 Å². The second-order valence-electron chi connectivity index (χ2n) is 6.03. The minimum Gasteiger partial charge on any atom is -0.371 e. The Morgan fingerprint density at radius 2 is 1.82 bits per heavy atom. The van der Waals surface area contributed by atoms with Crippen LogP contribution in [0.2, 0.25) is 0 Å². The first-order chi connectivity index (χ1) is 10.8. The summed E-state index contributed by atoms with van der Waals surface area (Å²) in [4.78, 5) is 7.14. The van der Waals surface area contributed by atoms with Gasteiger partial charge in [-0.1, -0.05) is 36.4 Å². The van der Waals surface area contributed by atoms with E-state index in [1.54, 1.807) is 0 Å². The highest BCUT2D eigenvalue weighted by atomic mass is 15.1. The molecular formula is C20H24N2. The number of pyridine rings is 1. The van der Waals surface area contributed by atoms with Gasteiger partial charge in [-0.25, -0.2) is 0 Å². The summed E-state index contributed by atoms with van der Waals surface area (Å²) in [5.74, 6) is 0. The molecule has 1 aliphatic rings. The van der Waals surface area contributed by atoms with Crippen LogP contribution >= 0.6 is 0 Å². The van der Waals surface area contributed by atoms with E-state index in [1.807, 2.05) is 0 Å². The van der Waals surface area contributed by atoms with Gasteiger partial charge in [-0.15, -0.1) is 0 Å². The van der Waals surface area contributed by atoms with Crippen molar-refractivity contribution in [2.75, 3.05) is 18.0 Å². The van der Waals surface area contributed by atoms with E-state index in [1.165, 1.54) is 43.6 Å². The Kier molecular flexibility index (Phi) is 4.89. The second-order valence-corrected chi connectivity index (χ2v) is 6.03. The molecule has 22 heavy (non-hydrogen) atoms. The molecule has 0 aliphatic carbocycles. The van der Waals surface area contributed by atoms with E-state index in [9.17, 15) is 0 Å². The molecule has 2 heteroatoms. The fraction of sp³-hybridized carbons (Fsp3) is 0.350. The number of rotatable bonds is 4. The van der Waals surface area contributed by atoms with Gasteiger partial charge < -0.3 is 4.90 Å². The fourth-order valence-corrected chi connectivity index (χ4v) is 3.03. The van der Waals surface area contributed by atoms with Crippen molar-refractivity contribution in [3.05, 3.63) is 65.5 Å². The largest absolute Gasteiger partial charge is 0.371 e. The quantitative estimate of drug-likeness (QED) is 0.816. The average molecular weight is 292 g/mol. The molecule has 114 valence electrons. The van der Waals surface area contributed by atoms with E-state index in [0.29, 0.717) is 0 Å². The highest BCUT2D eigenvalue weighted by molar-refractivity contribution is 5.56. The molecule has 2 heterocycles. The molecule has 0 atom stereocenters. The van der Waals surface area contributed by atoms with Gasteiger partial charge in [-0.05, 0) is 56.4 Å². The van der Waals surface area contributed by atoms with Crippen LogP contribution in [0.1, 0.15) is 36.2 Å². The summed E-state index contributed by atoms with van der Waals surface area (Å²) in [5.41, 5.74) is 4.83. The Morgan fingerprint density at radius 1 is 1.05 bits per heavy atom. The van der Waals surface area contributed by atoms with Crippen LogP contribution in [0.25, 0.3) is 6.08 Å². The van der Waals surface area contributed by atoms with Crippen LogP contribution in [0.5, 0.6) is 0 Å². The molecule has 1 aromatic heterocycles. The van der Waals surface area contributed by atoms with Crippen molar-refractivity contribution in [1.29, 1.82) is 0 Å². The third-order valence-corrected chi connectivity index (χ3v) is 4.16. The lowest BCUT2D eigenvalue weighted by molar-refractivity contribution is 0.577. The van der Waals surface area contributed by atoms with Crippen LogP contribution in [-0.4, -0.2) is 18.1 Å². The van der Waals surface area contributed by atoms with Crippen molar-refractivity contribution in [3.63, 3.8) is 0 Å². The predicted octanol–water partition coefficient (Wildman–Crippen LogP) is 4.64. The molecule has 2 aromatic rings. The Hall–Kier alpha value is -2.09. The molecule has 0 amide bonds. The van der Waals surface area contributed by atoms with Crippen LogP contribution in [-0.2, 0) is 6.42 Å². The molecule has 2 nitrogen and oxygen atoms in total. The van der Waals surface area contributed by atoms with E-state index < -0.39 is 0 Å². The first kappa shape index (κ1) is 14.8. The van der Waals surface area contributed by atoms with Gasteiger partial charge in [0.15, 0.2) is 0 Å². The summed E-state index contributed by atoms with van der Waals surface area (Å²) < 4.78 is 0. The first-order valence-electron chi connectivity index (χ1n) is 8.25. The van der Waals surface area contributed by atoms with E-state index in [0.717, 1.165) is 17.8 Å². The molecule has 0 saturated carbocycles. The van der Waals surface area contributed by atoms with Crippen LogP contribution in [0.4, 0.5) is 5.69 Å². The molecule has 0 N–H and O–H groups in total. The third kappa shape index (κ3) is 3.97. The Labute approximate surface area is 133 Å². The zero-order valence-corrected chi connectivity index (χ0v) is 13.3. The van der Waals surface area contributed by atoms with Crippen LogP contribution in [0.3, 0.4) is 0 Å². The predicted molar refractivity (Wildman–Crippen MR) is 94.2 cm³/mol. The number of nitrogens with zero attached hydrogens (tertiary/aromatic N) is 2. The molecule has 0 unspecified atom stereocenters. The minimum absolute atomic E-state index is 0.954. The maximum atomic E-state index is 4.65. The number of allylic oxidation sites excluding steroid dienone is 1. The summed E-state index contributed by atoms with van der Waals surface area (Å²) in [6.07, 6.45) is 9.28. The third-order valence-electron chi connectivity index (χ3n) is 4.16. The van der Waals surface area contributed by atoms with Crippen LogP contribution < -0.4 is 4.90 Å². The smallest absolute Gasteiger partial charge is 0.0650 e. The lowest BCUT2D eigenvalue weighted by Crippen LogP contribution is -2.29. The molecular weight excluding hydrogens is 268 g/mol. The van der Waals surface area contributed by atoms with E-state index in [4.69, 9.17) is 0 Å². The molecule has 1 saturated heterocycles. The standard InChI is InChI=1S/C20H24N2/c1-17-15-20(22-13-6-3-7-14-22)16-19(21-17)12-8-11-18-9-4-2-5-10-18/h2,4-5,8-10,12,15-16H,3,6-7,11,13-14H2,1H3/b12-8+. The topological polar surface area (TPSA) is 16.1 Å². The zero-order chi connectivity index (χ0) is 15.2. The number of piperidine rings is 1. The van der Waals surface area contributed by atoms with Gasteiger partial charge in [0.25, 0.3) is 0 Å². The molecule has 1 fully saturated rings. The van der Waals surface area contributed by atoms with E-state index in [2.05, 4.69) is 71.4 Å². The second kappa shape index (κ2) is 7.26. The van der Waals surface area contributed by atoms with Crippen molar-refractivity contribution in [2.24, 2.45) is 0 Å². The number of aryl methyl sites for hydroxylation is 1.